The smallest absolute Gasteiger partial charge is 0.236 e. The highest BCUT2D eigenvalue weighted by atomic mass is 32.2. The molecule has 31 heavy (non-hydrogen) atoms. The lowest BCUT2D eigenvalue weighted by Crippen LogP contribution is -2.40. The average molecular weight is 447 g/mol. The van der Waals surface area contributed by atoms with E-state index < -0.39 is 0 Å². The van der Waals surface area contributed by atoms with E-state index >= 15 is 0 Å². The average Bonchev–Trinajstić information content (AvgIpc) is 3.49. The number of fused-ring (bicyclic) bond motifs is 1. The van der Waals surface area contributed by atoms with Gasteiger partial charge in [0.1, 0.15) is 0 Å². The van der Waals surface area contributed by atoms with E-state index in [1.54, 1.807) is 11.3 Å². The van der Waals surface area contributed by atoms with Crippen molar-refractivity contribution in [3.63, 3.8) is 0 Å². The van der Waals surface area contributed by atoms with Crippen LogP contribution >= 0.6 is 23.1 Å². The standard InChI is InChI=1S/C24H22N4OS2/c1-17(23(29)27-14-13-18-8-5-6-9-19(18)16-27)31-24-26-25-22(21-12-7-15-30-21)28(24)20-10-3-2-4-11-20/h2-12,15,17H,13-14,16H2,1H3. The fourth-order valence-corrected chi connectivity index (χ4v) is 5.52. The van der Waals surface area contributed by atoms with Crippen molar-refractivity contribution in [2.24, 2.45) is 0 Å². The van der Waals surface area contributed by atoms with Gasteiger partial charge in [0.15, 0.2) is 11.0 Å². The number of thiophene rings is 1. The van der Waals surface area contributed by atoms with Crippen LogP contribution in [-0.2, 0) is 17.8 Å². The molecule has 1 aliphatic rings. The molecule has 0 bridgehead atoms. The van der Waals surface area contributed by atoms with Crippen LogP contribution in [0.3, 0.4) is 0 Å². The summed E-state index contributed by atoms with van der Waals surface area (Å²) in [6, 6.07) is 22.5. The van der Waals surface area contributed by atoms with Gasteiger partial charge in [0.05, 0.1) is 10.1 Å². The van der Waals surface area contributed by atoms with Crippen LogP contribution in [0.1, 0.15) is 18.1 Å². The first-order chi connectivity index (χ1) is 15.2. The van der Waals surface area contributed by atoms with E-state index in [0.29, 0.717) is 6.54 Å². The zero-order valence-electron chi connectivity index (χ0n) is 17.1. The fraction of sp³-hybridized carbons (Fsp3) is 0.208. The predicted octanol–water partition coefficient (Wildman–Crippen LogP) is 5.06. The molecule has 7 heteroatoms. The summed E-state index contributed by atoms with van der Waals surface area (Å²) < 4.78 is 2.05. The Hall–Kier alpha value is -2.90. The minimum Gasteiger partial charge on any atom is -0.337 e. The summed E-state index contributed by atoms with van der Waals surface area (Å²) in [7, 11) is 0. The second kappa shape index (κ2) is 8.69. The Kier molecular flexibility index (Phi) is 5.61. The van der Waals surface area contributed by atoms with Gasteiger partial charge in [-0.2, -0.15) is 0 Å². The zero-order valence-corrected chi connectivity index (χ0v) is 18.8. The molecule has 2 aromatic carbocycles. The van der Waals surface area contributed by atoms with Crippen LogP contribution in [0.25, 0.3) is 16.4 Å². The molecule has 0 spiro atoms. The maximum atomic E-state index is 13.2. The van der Waals surface area contributed by atoms with E-state index in [9.17, 15) is 4.79 Å². The summed E-state index contributed by atoms with van der Waals surface area (Å²) in [5, 5.41) is 11.4. The first-order valence-corrected chi connectivity index (χ1v) is 12.0. The summed E-state index contributed by atoms with van der Waals surface area (Å²) in [5.41, 5.74) is 3.58. The van der Waals surface area contributed by atoms with Crippen molar-refractivity contribution in [1.29, 1.82) is 0 Å². The van der Waals surface area contributed by atoms with Gasteiger partial charge in [0.2, 0.25) is 5.91 Å². The molecule has 5 rings (SSSR count). The molecule has 156 valence electrons. The summed E-state index contributed by atoms with van der Waals surface area (Å²) in [6.07, 6.45) is 0.905. The Morgan fingerprint density at radius 3 is 2.55 bits per heavy atom. The lowest BCUT2D eigenvalue weighted by Gasteiger charge is -2.30. The van der Waals surface area contributed by atoms with Gasteiger partial charge < -0.3 is 4.90 Å². The number of thioether (sulfide) groups is 1. The van der Waals surface area contributed by atoms with Gasteiger partial charge in [-0.15, -0.1) is 21.5 Å². The van der Waals surface area contributed by atoms with Gasteiger partial charge >= 0.3 is 0 Å². The van der Waals surface area contributed by atoms with Crippen LogP contribution in [0.15, 0.2) is 77.3 Å². The molecule has 1 unspecified atom stereocenters. The number of carbonyl (C=O) groups is 1. The molecule has 1 atom stereocenters. The second-order valence-electron chi connectivity index (χ2n) is 7.49. The molecule has 0 aliphatic carbocycles. The molecule has 1 aliphatic heterocycles. The Morgan fingerprint density at radius 2 is 1.77 bits per heavy atom. The van der Waals surface area contributed by atoms with Crippen LogP contribution in [0, 0.1) is 0 Å². The molecule has 3 heterocycles. The first kappa shape index (κ1) is 20.0. The quantitative estimate of drug-likeness (QED) is 0.402. The lowest BCUT2D eigenvalue weighted by atomic mass is 10.00. The Balaban J connectivity index is 1.40. The third-order valence-electron chi connectivity index (χ3n) is 5.46. The third kappa shape index (κ3) is 4.03. The van der Waals surface area contributed by atoms with Crippen molar-refractivity contribution in [3.05, 3.63) is 83.2 Å². The van der Waals surface area contributed by atoms with Gasteiger partial charge in [0.25, 0.3) is 0 Å². The Bertz CT molecular complexity index is 1190. The summed E-state index contributed by atoms with van der Waals surface area (Å²) in [5.74, 6) is 0.940. The van der Waals surface area contributed by atoms with Crippen LogP contribution in [0.4, 0.5) is 0 Å². The van der Waals surface area contributed by atoms with E-state index in [1.165, 1.54) is 22.9 Å². The lowest BCUT2D eigenvalue weighted by molar-refractivity contribution is -0.131. The van der Waals surface area contributed by atoms with Crippen LogP contribution in [0.2, 0.25) is 0 Å². The van der Waals surface area contributed by atoms with Crippen molar-refractivity contribution < 1.29 is 4.79 Å². The minimum atomic E-state index is -0.256. The van der Waals surface area contributed by atoms with Crippen LogP contribution in [-0.4, -0.2) is 37.4 Å². The van der Waals surface area contributed by atoms with Gasteiger partial charge in [-0.25, -0.2) is 0 Å². The highest BCUT2D eigenvalue weighted by Gasteiger charge is 2.27. The van der Waals surface area contributed by atoms with E-state index in [-0.39, 0.29) is 11.2 Å². The molecule has 0 saturated carbocycles. The molecular weight excluding hydrogens is 424 g/mol. The number of aromatic nitrogens is 3. The van der Waals surface area contributed by atoms with Crippen LogP contribution in [0.5, 0.6) is 0 Å². The fourth-order valence-electron chi connectivity index (χ4n) is 3.87. The molecule has 0 radical (unpaired) electrons. The number of para-hydroxylation sites is 1. The number of hydrogen-bond acceptors (Lipinski definition) is 5. The number of benzene rings is 2. The van der Waals surface area contributed by atoms with E-state index in [2.05, 4.69) is 28.4 Å². The molecule has 0 N–H and O–H groups in total. The topological polar surface area (TPSA) is 51.0 Å². The summed E-state index contributed by atoms with van der Waals surface area (Å²) >= 11 is 3.10. The number of nitrogens with zero attached hydrogens (tertiary/aromatic N) is 4. The van der Waals surface area contributed by atoms with Gasteiger partial charge in [-0.3, -0.25) is 9.36 Å². The summed E-state index contributed by atoms with van der Waals surface area (Å²) in [6.45, 7) is 3.39. The zero-order chi connectivity index (χ0) is 21.2. The number of amides is 1. The van der Waals surface area contributed by atoms with Crippen molar-refractivity contribution in [2.75, 3.05) is 6.54 Å². The molecule has 1 amide bonds. The molecule has 0 fully saturated rings. The maximum Gasteiger partial charge on any atom is 0.236 e. The molecule has 0 saturated heterocycles. The number of hydrogen-bond donors (Lipinski definition) is 0. The highest BCUT2D eigenvalue weighted by molar-refractivity contribution is 8.00. The number of carbonyl (C=O) groups excluding carboxylic acids is 1. The number of rotatable bonds is 5. The van der Waals surface area contributed by atoms with Gasteiger partial charge in [-0.1, -0.05) is 60.3 Å². The molecule has 5 nitrogen and oxygen atoms in total. The molecule has 4 aromatic rings. The predicted molar refractivity (Wildman–Crippen MR) is 126 cm³/mol. The van der Waals surface area contributed by atoms with Crippen molar-refractivity contribution in [1.82, 2.24) is 19.7 Å². The van der Waals surface area contributed by atoms with Crippen molar-refractivity contribution >= 4 is 29.0 Å². The summed E-state index contributed by atoms with van der Waals surface area (Å²) in [4.78, 5) is 16.3. The van der Waals surface area contributed by atoms with E-state index in [4.69, 9.17) is 0 Å². The highest BCUT2D eigenvalue weighted by Crippen LogP contribution is 2.33. The Morgan fingerprint density at radius 1 is 1.00 bits per heavy atom. The second-order valence-corrected chi connectivity index (χ2v) is 9.75. The van der Waals surface area contributed by atoms with Gasteiger partial charge in [-0.05, 0) is 48.1 Å². The SMILES string of the molecule is CC(Sc1nnc(-c2cccs2)n1-c1ccccc1)C(=O)N1CCc2ccccc2C1. The minimum absolute atomic E-state index is 0.139. The molecule has 2 aromatic heterocycles. The Labute approximate surface area is 189 Å². The van der Waals surface area contributed by atoms with E-state index in [1.807, 2.05) is 70.3 Å². The third-order valence-corrected chi connectivity index (χ3v) is 7.36. The van der Waals surface area contributed by atoms with Gasteiger partial charge in [0, 0.05) is 18.8 Å². The normalized spacial score (nSPS) is 14.3. The van der Waals surface area contributed by atoms with Crippen molar-refractivity contribution in [2.45, 2.75) is 30.3 Å². The monoisotopic (exact) mass is 446 g/mol. The first-order valence-electron chi connectivity index (χ1n) is 10.3. The van der Waals surface area contributed by atoms with Crippen molar-refractivity contribution in [3.8, 4) is 16.4 Å². The largest absolute Gasteiger partial charge is 0.337 e. The molecular formula is C24H22N4OS2. The van der Waals surface area contributed by atoms with Crippen LogP contribution < -0.4 is 0 Å². The maximum absolute atomic E-state index is 13.2. The van der Waals surface area contributed by atoms with E-state index in [0.717, 1.165) is 34.5 Å².